The highest BCUT2D eigenvalue weighted by atomic mass is 32.1. The zero-order chi connectivity index (χ0) is 25.2. The zero-order valence-electron chi connectivity index (χ0n) is 19.6. The van der Waals surface area contributed by atoms with Crippen LogP contribution >= 0.6 is 11.3 Å². The van der Waals surface area contributed by atoms with E-state index in [1.165, 1.54) is 28.0 Å². The number of allylic oxidation sites excluding steroid dienone is 1. The molecular formula is C28H22FN3O3S. The maximum absolute atomic E-state index is 13.7. The van der Waals surface area contributed by atoms with E-state index in [9.17, 15) is 14.0 Å². The van der Waals surface area contributed by atoms with Crippen molar-refractivity contribution in [3.63, 3.8) is 0 Å². The number of thiazole rings is 1. The summed E-state index contributed by atoms with van der Waals surface area (Å²) in [6.07, 6.45) is 1.64. The van der Waals surface area contributed by atoms with Crippen molar-refractivity contribution in [1.82, 2.24) is 4.57 Å². The first kappa shape index (κ1) is 23.4. The van der Waals surface area contributed by atoms with Crippen molar-refractivity contribution in [2.45, 2.75) is 13.0 Å². The summed E-state index contributed by atoms with van der Waals surface area (Å²) in [5, 5.41) is 2.92. The van der Waals surface area contributed by atoms with Gasteiger partial charge in [-0.15, -0.1) is 0 Å². The average Bonchev–Trinajstić information content (AvgIpc) is 3.18. The Kier molecular flexibility index (Phi) is 6.35. The highest BCUT2D eigenvalue weighted by Crippen LogP contribution is 2.31. The molecule has 0 fully saturated rings. The Morgan fingerprint density at radius 1 is 1.08 bits per heavy atom. The second-order valence-electron chi connectivity index (χ2n) is 8.23. The first-order chi connectivity index (χ1) is 17.4. The molecule has 1 N–H and O–H groups in total. The van der Waals surface area contributed by atoms with Crippen LogP contribution in [0.25, 0.3) is 6.08 Å². The largest absolute Gasteiger partial charge is 0.497 e. The van der Waals surface area contributed by atoms with E-state index >= 15 is 0 Å². The molecule has 1 atom stereocenters. The molecule has 1 amide bonds. The predicted octanol–water partition coefficient (Wildman–Crippen LogP) is 4.02. The van der Waals surface area contributed by atoms with Crippen molar-refractivity contribution in [2.24, 2.45) is 4.99 Å². The number of para-hydroxylation sites is 1. The van der Waals surface area contributed by atoms with E-state index in [1.54, 1.807) is 56.5 Å². The Morgan fingerprint density at radius 2 is 1.83 bits per heavy atom. The van der Waals surface area contributed by atoms with Gasteiger partial charge in [-0.05, 0) is 60.5 Å². The van der Waals surface area contributed by atoms with Gasteiger partial charge in [-0.2, -0.15) is 0 Å². The van der Waals surface area contributed by atoms with E-state index in [0.717, 1.165) is 5.56 Å². The van der Waals surface area contributed by atoms with Crippen LogP contribution in [0.4, 0.5) is 10.1 Å². The van der Waals surface area contributed by atoms with Crippen LogP contribution in [-0.2, 0) is 4.79 Å². The SMILES string of the molecule is COc1ccc(C2C(C(=O)Nc3ccccc3)=C(C)N=c3sc(=Cc4cccc(F)c4)c(=O)n32)cc1. The molecule has 180 valence electrons. The number of carbonyl (C=O) groups excluding carboxylic acids is 1. The van der Waals surface area contributed by atoms with Crippen LogP contribution in [0.15, 0.2) is 99.9 Å². The number of ether oxygens (including phenoxy) is 1. The molecule has 1 unspecified atom stereocenters. The fourth-order valence-electron chi connectivity index (χ4n) is 4.18. The first-order valence-corrected chi connectivity index (χ1v) is 12.0. The minimum absolute atomic E-state index is 0.304. The van der Waals surface area contributed by atoms with Crippen LogP contribution in [-0.4, -0.2) is 17.6 Å². The van der Waals surface area contributed by atoms with Gasteiger partial charge in [-0.25, -0.2) is 9.38 Å². The van der Waals surface area contributed by atoms with Crippen molar-refractivity contribution in [3.8, 4) is 5.75 Å². The molecule has 1 aliphatic rings. The summed E-state index contributed by atoms with van der Waals surface area (Å²) in [7, 11) is 1.58. The minimum Gasteiger partial charge on any atom is -0.497 e. The smallest absolute Gasteiger partial charge is 0.271 e. The summed E-state index contributed by atoms with van der Waals surface area (Å²) in [5.41, 5.74) is 2.53. The average molecular weight is 500 g/mol. The lowest BCUT2D eigenvalue weighted by Gasteiger charge is -2.25. The van der Waals surface area contributed by atoms with Crippen LogP contribution in [0.2, 0.25) is 0 Å². The number of methoxy groups -OCH3 is 1. The van der Waals surface area contributed by atoms with Gasteiger partial charge in [0.15, 0.2) is 4.80 Å². The van der Waals surface area contributed by atoms with Crippen LogP contribution in [0.5, 0.6) is 5.75 Å². The van der Waals surface area contributed by atoms with Gasteiger partial charge in [0.05, 0.1) is 29.0 Å². The van der Waals surface area contributed by atoms with Gasteiger partial charge >= 0.3 is 0 Å². The molecule has 0 spiro atoms. The maximum Gasteiger partial charge on any atom is 0.271 e. The second-order valence-corrected chi connectivity index (χ2v) is 9.24. The minimum atomic E-state index is -0.703. The number of nitrogens with zero attached hydrogens (tertiary/aromatic N) is 2. The normalized spacial score (nSPS) is 15.3. The van der Waals surface area contributed by atoms with Crippen molar-refractivity contribution in [3.05, 3.63) is 127 Å². The van der Waals surface area contributed by atoms with Crippen LogP contribution in [0.3, 0.4) is 0 Å². The molecule has 0 saturated heterocycles. The monoisotopic (exact) mass is 499 g/mol. The lowest BCUT2D eigenvalue weighted by molar-refractivity contribution is -0.113. The van der Waals surface area contributed by atoms with Crippen LogP contribution in [0, 0.1) is 5.82 Å². The quantitative estimate of drug-likeness (QED) is 0.451. The first-order valence-electron chi connectivity index (χ1n) is 11.2. The summed E-state index contributed by atoms with van der Waals surface area (Å²) >= 11 is 1.21. The maximum atomic E-state index is 13.7. The number of anilines is 1. The number of benzene rings is 3. The number of carbonyl (C=O) groups is 1. The highest BCUT2D eigenvalue weighted by molar-refractivity contribution is 7.07. The molecule has 2 heterocycles. The molecule has 3 aromatic carbocycles. The van der Waals surface area contributed by atoms with Crippen LogP contribution < -0.4 is 24.9 Å². The summed E-state index contributed by atoms with van der Waals surface area (Å²) in [5.74, 6) is -0.0701. The molecule has 5 rings (SSSR count). The standard InChI is InChI=1S/C28H22FN3O3S/c1-17-24(26(33)31-21-9-4-3-5-10-21)25(19-11-13-22(35-2)14-12-19)32-27(34)23(36-28(32)30-17)16-18-7-6-8-20(29)15-18/h3-16,25H,1-2H3,(H,31,33). The molecular weight excluding hydrogens is 477 g/mol. The topological polar surface area (TPSA) is 72.7 Å². The Balaban J connectivity index is 1.68. The van der Waals surface area contributed by atoms with Gasteiger partial charge in [0.1, 0.15) is 11.6 Å². The molecule has 6 nitrogen and oxygen atoms in total. The van der Waals surface area contributed by atoms with Crippen molar-refractivity contribution >= 4 is 29.0 Å². The van der Waals surface area contributed by atoms with E-state index in [1.807, 2.05) is 30.3 Å². The van der Waals surface area contributed by atoms with E-state index in [4.69, 9.17) is 4.74 Å². The second kappa shape index (κ2) is 9.75. The third kappa shape index (κ3) is 4.50. The van der Waals surface area contributed by atoms with E-state index in [0.29, 0.717) is 37.6 Å². The Hall–Kier alpha value is -4.30. The van der Waals surface area contributed by atoms with Crippen molar-refractivity contribution in [1.29, 1.82) is 0 Å². The molecule has 1 aliphatic heterocycles. The van der Waals surface area contributed by atoms with E-state index in [-0.39, 0.29) is 17.3 Å². The molecule has 0 aliphatic carbocycles. The number of fused-ring (bicyclic) bond motifs is 1. The highest BCUT2D eigenvalue weighted by Gasteiger charge is 2.32. The predicted molar refractivity (Wildman–Crippen MR) is 138 cm³/mol. The summed E-state index contributed by atoms with van der Waals surface area (Å²) in [6, 6.07) is 21.7. The number of nitrogens with one attached hydrogen (secondary N) is 1. The number of amides is 1. The number of halogens is 1. The number of aromatic nitrogens is 1. The van der Waals surface area contributed by atoms with E-state index in [2.05, 4.69) is 10.3 Å². The number of hydrogen-bond acceptors (Lipinski definition) is 5. The molecule has 36 heavy (non-hydrogen) atoms. The fourth-order valence-corrected chi connectivity index (χ4v) is 5.23. The summed E-state index contributed by atoms with van der Waals surface area (Å²) in [4.78, 5) is 32.3. The summed E-state index contributed by atoms with van der Waals surface area (Å²) in [6.45, 7) is 1.76. The molecule has 0 radical (unpaired) electrons. The molecule has 4 aromatic rings. The molecule has 8 heteroatoms. The fraction of sp³-hybridized carbons (Fsp3) is 0.107. The van der Waals surface area contributed by atoms with Crippen molar-refractivity contribution < 1.29 is 13.9 Å². The van der Waals surface area contributed by atoms with Gasteiger partial charge in [-0.1, -0.05) is 53.8 Å². The van der Waals surface area contributed by atoms with Gasteiger partial charge in [-0.3, -0.25) is 14.2 Å². The van der Waals surface area contributed by atoms with Crippen molar-refractivity contribution in [2.75, 3.05) is 12.4 Å². The van der Waals surface area contributed by atoms with Crippen LogP contribution in [0.1, 0.15) is 24.1 Å². The Labute approximate surface area is 210 Å². The van der Waals surface area contributed by atoms with Gasteiger partial charge < -0.3 is 10.1 Å². The van der Waals surface area contributed by atoms with Gasteiger partial charge in [0.25, 0.3) is 11.5 Å². The lowest BCUT2D eigenvalue weighted by atomic mass is 9.95. The third-order valence-electron chi connectivity index (χ3n) is 5.88. The summed E-state index contributed by atoms with van der Waals surface area (Å²) < 4.78 is 21.0. The lowest BCUT2D eigenvalue weighted by Crippen LogP contribution is -2.40. The Bertz CT molecular complexity index is 1650. The van der Waals surface area contributed by atoms with Gasteiger partial charge in [0, 0.05) is 5.69 Å². The molecule has 1 aromatic heterocycles. The number of hydrogen-bond donors (Lipinski definition) is 1. The number of rotatable bonds is 5. The van der Waals surface area contributed by atoms with E-state index < -0.39 is 6.04 Å². The Morgan fingerprint density at radius 3 is 2.53 bits per heavy atom. The molecule has 0 saturated carbocycles. The zero-order valence-corrected chi connectivity index (χ0v) is 20.4. The van der Waals surface area contributed by atoms with Gasteiger partial charge in [0.2, 0.25) is 0 Å². The third-order valence-corrected chi connectivity index (χ3v) is 6.86. The molecule has 0 bridgehead atoms.